The van der Waals surface area contributed by atoms with E-state index in [-0.39, 0.29) is 37.5 Å². The van der Waals surface area contributed by atoms with E-state index < -0.39 is 41.0 Å². The van der Waals surface area contributed by atoms with Crippen LogP contribution in [0.5, 0.6) is 0 Å². The van der Waals surface area contributed by atoms with Gasteiger partial charge < -0.3 is 15.7 Å². The van der Waals surface area contributed by atoms with E-state index in [1.54, 1.807) is 0 Å². The van der Waals surface area contributed by atoms with Crippen molar-refractivity contribution in [1.29, 1.82) is 0 Å². The van der Waals surface area contributed by atoms with Crippen LogP contribution in [-0.4, -0.2) is 46.5 Å². The van der Waals surface area contributed by atoms with E-state index in [1.807, 2.05) is 0 Å². The molecule has 1 atom stereocenters. The standard InChI is InChI=1S/C20H20F5N3O.CH2O2/c21-14-3-4-16(22)13(10-14)11-17(26)12-5-8-28(9-6-12)19(29)18-15(20(23,24)25)2-1-7-27-18;2-1-3/h1-4,7,10,12,17H,5-6,8-9,11,26H2;1H,(H,2,3). The molecule has 1 saturated heterocycles. The second-order valence-electron chi connectivity index (χ2n) is 7.24. The first-order valence-corrected chi connectivity index (χ1v) is 9.67. The summed E-state index contributed by atoms with van der Waals surface area (Å²) in [7, 11) is 0. The summed E-state index contributed by atoms with van der Waals surface area (Å²) in [5, 5.41) is 6.89. The van der Waals surface area contributed by atoms with Gasteiger partial charge in [-0.2, -0.15) is 13.2 Å². The minimum atomic E-state index is -4.67. The van der Waals surface area contributed by atoms with Crippen LogP contribution in [-0.2, 0) is 17.4 Å². The molecule has 0 bridgehead atoms. The van der Waals surface area contributed by atoms with Crippen molar-refractivity contribution in [2.45, 2.75) is 31.5 Å². The Morgan fingerprint density at radius 3 is 2.47 bits per heavy atom. The lowest BCUT2D eigenvalue weighted by molar-refractivity contribution is -0.138. The van der Waals surface area contributed by atoms with Crippen LogP contribution in [0, 0.1) is 17.6 Å². The van der Waals surface area contributed by atoms with Gasteiger partial charge in [-0.05, 0) is 61.1 Å². The fourth-order valence-electron chi connectivity index (χ4n) is 3.61. The van der Waals surface area contributed by atoms with Crippen molar-refractivity contribution in [3.05, 3.63) is 65.0 Å². The summed E-state index contributed by atoms with van der Waals surface area (Å²) < 4.78 is 66.5. The second kappa shape index (κ2) is 11.0. The van der Waals surface area contributed by atoms with Gasteiger partial charge in [-0.1, -0.05) is 0 Å². The average molecular weight is 459 g/mol. The van der Waals surface area contributed by atoms with Gasteiger partial charge in [-0.15, -0.1) is 0 Å². The van der Waals surface area contributed by atoms with Crippen LogP contribution in [0.15, 0.2) is 36.5 Å². The van der Waals surface area contributed by atoms with Crippen molar-refractivity contribution in [2.24, 2.45) is 11.7 Å². The number of nitrogens with two attached hydrogens (primary N) is 1. The molecule has 3 rings (SSSR count). The highest BCUT2D eigenvalue weighted by atomic mass is 19.4. The molecule has 0 radical (unpaired) electrons. The predicted molar refractivity (Wildman–Crippen MR) is 105 cm³/mol. The van der Waals surface area contributed by atoms with Crippen molar-refractivity contribution < 1.29 is 36.6 Å². The monoisotopic (exact) mass is 459 g/mol. The topological polar surface area (TPSA) is 96.5 Å². The van der Waals surface area contributed by atoms with Gasteiger partial charge in [0.2, 0.25) is 0 Å². The number of alkyl halides is 3. The number of aromatic nitrogens is 1. The minimum Gasteiger partial charge on any atom is -0.483 e. The van der Waals surface area contributed by atoms with Crippen molar-refractivity contribution in [2.75, 3.05) is 13.1 Å². The molecule has 1 aromatic carbocycles. The number of nitrogens with zero attached hydrogens (tertiary/aromatic N) is 2. The third-order valence-electron chi connectivity index (χ3n) is 5.21. The van der Waals surface area contributed by atoms with Crippen LogP contribution in [0.3, 0.4) is 0 Å². The van der Waals surface area contributed by atoms with Gasteiger partial charge in [0.15, 0.2) is 0 Å². The highest BCUT2D eigenvalue weighted by Crippen LogP contribution is 2.32. The molecule has 6 nitrogen and oxygen atoms in total. The minimum absolute atomic E-state index is 0.0625. The van der Waals surface area contributed by atoms with E-state index in [1.165, 1.54) is 4.90 Å². The fourth-order valence-corrected chi connectivity index (χ4v) is 3.61. The van der Waals surface area contributed by atoms with E-state index in [4.69, 9.17) is 15.6 Å². The van der Waals surface area contributed by atoms with Crippen LogP contribution < -0.4 is 5.73 Å². The second-order valence-corrected chi connectivity index (χ2v) is 7.24. The Kier molecular flexibility index (Phi) is 8.64. The largest absolute Gasteiger partial charge is 0.483 e. The lowest BCUT2D eigenvalue weighted by Gasteiger charge is -2.35. The zero-order valence-corrected chi connectivity index (χ0v) is 16.9. The molecule has 11 heteroatoms. The Hall–Kier alpha value is -3.08. The smallest absolute Gasteiger partial charge is 0.418 e. The number of piperidine rings is 1. The molecule has 0 spiro atoms. The predicted octanol–water partition coefficient (Wildman–Crippen LogP) is 3.50. The molecule has 0 aliphatic carbocycles. The van der Waals surface area contributed by atoms with Gasteiger partial charge in [0, 0.05) is 25.3 Å². The Morgan fingerprint density at radius 1 is 1.25 bits per heavy atom. The van der Waals surface area contributed by atoms with Gasteiger partial charge in [0.25, 0.3) is 12.4 Å². The third-order valence-corrected chi connectivity index (χ3v) is 5.21. The Bertz CT molecular complexity index is 931. The molecule has 2 aromatic rings. The van der Waals surface area contributed by atoms with Crippen LogP contribution in [0.25, 0.3) is 0 Å². The number of hydrogen-bond acceptors (Lipinski definition) is 4. The molecule has 1 unspecified atom stereocenters. The average Bonchev–Trinajstić information content (AvgIpc) is 2.76. The zero-order valence-electron chi connectivity index (χ0n) is 16.9. The SMILES string of the molecule is NC(Cc1cc(F)ccc1F)C1CCN(C(=O)c2ncccc2C(F)(F)F)CC1.O=CO. The van der Waals surface area contributed by atoms with Crippen LogP contribution in [0.2, 0.25) is 0 Å². The van der Waals surface area contributed by atoms with Gasteiger partial charge in [0.1, 0.15) is 17.3 Å². The van der Waals surface area contributed by atoms with E-state index in [9.17, 15) is 26.7 Å². The summed E-state index contributed by atoms with van der Waals surface area (Å²) in [6.07, 6.45) is -2.47. The maximum atomic E-state index is 13.8. The molecule has 1 amide bonds. The lowest BCUT2D eigenvalue weighted by atomic mass is 9.86. The van der Waals surface area contributed by atoms with E-state index >= 15 is 0 Å². The summed E-state index contributed by atoms with van der Waals surface area (Å²) in [6, 6.07) is 4.69. The molecular weight excluding hydrogens is 437 g/mol. The third kappa shape index (κ3) is 6.46. The highest BCUT2D eigenvalue weighted by Gasteiger charge is 2.38. The first-order chi connectivity index (χ1) is 15.1. The number of hydrogen-bond donors (Lipinski definition) is 2. The van der Waals surface area contributed by atoms with E-state index in [0.717, 1.165) is 36.5 Å². The summed E-state index contributed by atoms with van der Waals surface area (Å²) >= 11 is 0. The summed E-state index contributed by atoms with van der Waals surface area (Å²) in [6.45, 7) is 0.188. The number of carboxylic acid groups (broad SMARTS) is 1. The molecule has 1 aliphatic rings. The summed E-state index contributed by atoms with van der Waals surface area (Å²) in [4.78, 5) is 25.9. The molecule has 1 fully saturated rings. The number of amides is 1. The molecule has 174 valence electrons. The van der Waals surface area contributed by atoms with Crippen molar-refractivity contribution >= 4 is 12.4 Å². The van der Waals surface area contributed by atoms with Crippen molar-refractivity contribution in [3.8, 4) is 0 Å². The molecular formula is C21H22F5N3O3. The number of benzene rings is 1. The molecule has 1 aliphatic heterocycles. The Labute approximate surface area is 180 Å². The maximum absolute atomic E-state index is 13.8. The summed E-state index contributed by atoms with van der Waals surface area (Å²) in [5.74, 6) is -1.93. The number of halogens is 5. The van der Waals surface area contributed by atoms with E-state index in [0.29, 0.717) is 12.8 Å². The molecule has 0 saturated carbocycles. The normalized spacial score (nSPS) is 15.5. The number of likely N-dealkylation sites (tertiary alicyclic amines) is 1. The molecule has 1 aromatic heterocycles. The van der Waals surface area contributed by atoms with E-state index in [2.05, 4.69) is 4.98 Å². The first kappa shape index (κ1) is 25.2. The first-order valence-electron chi connectivity index (χ1n) is 9.67. The molecule has 2 heterocycles. The Morgan fingerprint density at radius 2 is 1.88 bits per heavy atom. The lowest BCUT2D eigenvalue weighted by Crippen LogP contribution is -2.44. The van der Waals surface area contributed by atoms with Gasteiger partial charge >= 0.3 is 6.18 Å². The van der Waals surface area contributed by atoms with Gasteiger partial charge in [-0.25, -0.2) is 8.78 Å². The fraction of sp³-hybridized carbons (Fsp3) is 0.381. The Balaban J connectivity index is 0.00000114. The van der Waals surface area contributed by atoms with Crippen molar-refractivity contribution in [3.63, 3.8) is 0 Å². The zero-order chi connectivity index (χ0) is 23.9. The number of carbonyl (C=O) groups is 2. The quantitative estimate of drug-likeness (QED) is 0.539. The summed E-state index contributed by atoms with van der Waals surface area (Å²) in [5.41, 5.74) is 4.65. The highest BCUT2D eigenvalue weighted by molar-refractivity contribution is 5.94. The van der Waals surface area contributed by atoms with Gasteiger partial charge in [0.05, 0.1) is 5.56 Å². The van der Waals surface area contributed by atoms with Crippen LogP contribution >= 0.6 is 0 Å². The van der Waals surface area contributed by atoms with Crippen LogP contribution in [0.4, 0.5) is 22.0 Å². The van der Waals surface area contributed by atoms with Crippen molar-refractivity contribution in [1.82, 2.24) is 9.88 Å². The maximum Gasteiger partial charge on any atom is 0.418 e. The van der Waals surface area contributed by atoms with Crippen LogP contribution in [0.1, 0.15) is 34.5 Å². The number of rotatable bonds is 4. The van der Waals surface area contributed by atoms with Gasteiger partial charge in [-0.3, -0.25) is 14.6 Å². The number of pyridine rings is 1. The number of carbonyl (C=O) groups excluding carboxylic acids is 1. The molecule has 32 heavy (non-hydrogen) atoms. The molecule has 3 N–H and O–H groups in total.